The van der Waals surface area contributed by atoms with Crippen molar-refractivity contribution in [3.63, 3.8) is 0 Å². The van der Waals surface area contributed by atoms with Crippen LogP contribution in [0.2, 0.25) is 0 Å². The number of carboxylic acid groups (broad SMARTS) is 1. The Hall–Kier alpha value is -1.88. The predicted octanol–water partition coefficient (Wildman–Crippen LogP) is 0.965. The monoisotopic (exact) mass is 249 g/mol. The second kappa shape index (κ2) is 5.64. The van der Waals surface area contributed by atoms with E-state index in [1.807, 2.05) is 0 Å². The minimum absolute atomic E-state index is 0.240. The summed E-state index contributed by atoms with van der Waals surface area (Å²) in [6, 6.07) is 7.66. The van der Waals surface area contributed by atoms with Gasteiger partial charge in [0, 0.05) is 6.61 Å². The summed E-state index contributed by atoms with van der Waals surface area (Å²) < 4.78 is 5.12. The number of hydrogen-bond acceptors (Lipinski definition) is 3. The van der Waals surface area contributed by atoms with Crippen molar-refractivity contribution in [2.75, 3.05) is 13.2 Å². The average molecular weight is 249 g/mol. The summed E-state index contributed by atoms with van der Waals surface area (Å²) in [6.07, 6.45) is 0.646. The van der Waals surface area contributed by atoms with Crippen LogP contribution in [0, 0.1) is 5.92 Å². The van der Waals surface area contributed by atoms with E-state index in [9.17, 15) is 14.7 Å². The van der Waals surface area contributed by atoms with Crippen molar-refractivity contribution in [1.29, 1.82) is 0 Å². The third-order valence-corrected chi connectivity index (χ3v) is 2.97. The van der Waals surface area contributed by atoms with Crippen LogP contribution in [-0.2, 0) is 14.3 Å². The highest BCUT2D eigenvalue weighted by molar-refractivity contribution is 5.86. The molecule has 1 heterocycles. The van der Waals surface area contributed by atoms with Crippen molar-refractivity contribution in [3.8, 4) is 0 Å². The number of carboxylic acids is 1. The molecule has 1 amide bonds. The molecule has 0 bridgehead atoms. The first-order chi connectivity index (χ1) is 8.68. The average Bonchev–Trinajstić information content (AvgIpc) is 2.90. The van der Waals surface area contributed by atoms with Gasteiger partial charge in [0.05, 0.1) is 12.5 Å². The Kier molecular flexibility index (Phi) is 3.94. The van der Waals surface area contributed by atoms with E-state index in [0.29, 0.717) is 25.2 Å². The van der Waals surface area contributed by atoms with Crippen LogP contribution in [0.5, 0.6) is 0 Å². The molecular weight excluding hydrogens is 234 g/mol. The van der Waals surface area contributed by atoms with Gasteiger partial charge in [-0.1, -0.05) is 30.3 Å². The Morgan fingerprint density at radius 2 is 2.06 bits per heavy atom. The van der Waals surface area contributed by atoms with Crippen LogP contribution in [-0.4, -0.2) is 30.2 Å². The Labute approximate surface area is 105 Å². The second-order valence-corrected chi connectivity index (χ2v) is 4.25. The number of carbonyl (C=O) groups excluding carboxylic acids is 1. The lowest BCUT2D eigenvalue weighted by Crippen LogP contribution is -2.37. The van der Waals surface area contributed by atoms with Gasteiger partial charge in [0.15, 0.2) is 6.04 Å². The van der Waals surface area contributed by atoms with E-state index in [-0.39, 0.29) is 11.8 Å². The molecule has 1 fully saturated rings. The number of ether oxygens (including phenoxy) is 1. The van der Waals surface area contributed by atoms with Crippen LogP contribution in [0.3, 0.4) is 0 Å². The molecule has 0 radical (unpaired) electrons. The third-order valence-electron chi connectivity index (χ3n) is 2.97. The molecule has 1 saturated heterocycles. The number of carbonyl (C=O) groups is 2. The van der Waals surface area contributed by atoms with Crippen LogP contribution in [0.4, 0.5) is 0 Å². The predicted molar refractivity (Wildman–Crippen MR) is 63.9 cm³/mol. The van der Waals surface area contributed by atoms with Gasteiger partial charge >= 0.3 is 5.97 Å². The Balaban J connectivity index is 2.07. The van der Waals surface area contributed by atoms with Crippen molar-refractivity contribution in [3.05, 3.63) is 35.9 Å². The molecule has 2 rings (SSSR count). The van der Waals surface area contributed by atoms with Gasteiger partial charge in [0.1, 0.15) is 0 Å². The standard InChI is InChI=1S/C13H15NO4/c15-12(10-6-7-18-8-10)14-11(13(16)17)9-4-2-1-3-5-9/h1-5,10-11H,6-8H2,(H,14,15)(H,16,17)/t10-,11-/m0/s1. The second-order valence-electron chi connectivity index (χ2n) is 4.25. The largest absolute Gasteiger partial charge is 0.479 e. The molecular formula is C13H15NO4. The van der Waals surface area contributed by atoms with Gasteiger partial charge in [-0.2, -0.15) is 0 Å². The first-order valence-electron chi connectivity index (χ1n) is 5.84. The lowest BCUT2D eigenvalue weighted by molar-refractivity contribution is -0.142. The quantitative estimate of drug-likeness (QED) is 0.833. The van der Waals surface area contributed by atoms with Crippen LogP contribution >= 0.6 is 0 Å². The SMILES string of the molecule is O=C(N[C@H](C(=O)O)c1ccccc1)[C@H]1CCOC1. The van der Waals surface area contributed by atoms with E-state index in [1.165, 1.54) is 0 Å². The minimum atomic E-state index is -1.06. The summed E-state index contributed by atoms with van der Waals surface area (Å²) >= 11 is 0. The van der Waals surface area contributed by atoms with Crippen molar-refractivity contribution in [2.24, 2.45) is 5.92 Å². The molecule has 0 spiro atoms. The summed E-state index contributed by atoms with van der Waals surface area (Å²) in [7, 11) is 0. The fourth-order valence-electron chi connectivity index (χ4n) is 1.93. The molecule has 2 N–H and O–H groups in total. The van der Waals surface area contributed by atoms with Gasteiger partial charge in [-0.15, -0.1) is 0 Å². The first kappa shape index (κ1) is 12.6. The van der Waals surface area contributed by atoms with E-state index < -0.39 is 12.0 Å². The van der Waals surface area contributed by atoms with Crippen molar-refractivity contribution in [1.82, 2.24) is 5.32 Å². The normalized spacial score (nSPS) is 20.3. The maximum absolute atomic E-state index is 11.9. The van der Waals surface area contributed by atoms with Crippen molar-refractivity contribution >= 4 is 11.9 Å². The number of benzene rings is 1. The van der Waals surface area contributed by atoms with E-state index in [2.05, 4.69) is 5.32 Å². The fourth-order valence-corrected chi connectivity index (χ4v) is 1.93. The molecule has 5 nitrogen and oxygen atoms in total. The summed E-state index contributed by atoms with van der Waals surface area (Å²) in [5.74, 6) is -1.56. The van der Waals surface area contributed by atoms with Crippen molar-refractivity contribution in [2.45, 2.75) is 12.5 Å². The van der Waals surface area contributed by atoms with Crippen LogP contribution < -0.4 is 5.32 Å². The Morgan fingerprint density at radius 1 is 1.33 bits per heavy atom. The van der Waals surface area contributed by atoms with Crippen molar-refractivity contribution < 1.29 is 19.4 Å². The molecule has 96 valence electrons. The fraction of sp³-hybridized carbons (Fsp3) is 0.385. The summed E-state index contributed by atoms with van der Waals surface area (Å²) in [5, 5.41) is 11.7. The summed E-state index contributed by atoms with van der Waals surface area (Å²) in [6.45, 7) is 0.925. The third kappa shape index (κ3) is 2.87. The number of aliphatic carboxylic acids is 1. The first-order valence-corrected chi connectivity index (χ1v) is 5.84. The lowest BCUT2D eigenvalue weighted by atomic mass is 10.0. The van der Waals surface area contributed by atoms with Crippen LogP contribution in [0.1, 0.15) is 18.0 Å². The summed E-state index contributed by atoms with van der Waals surface area (Å²) in [4.78, 5) is 23.1. The van der Waals surface area contributed by atoms with Gasteiger partial charge in [0.25, 0.3) is 0 Å². The van der Waals surface area contributed by atoms with Crippen LogP contribution in [0.25, 0.3) is 0 Å². The maximum Gasteiger partial charge on any atom is 0.330 e. The molecule has 5 heteroatoms. The topological polar surface area (TPSA) is 75.6 Å². The molecule has 18 heavy (non-hydrogen) atoms. The van der Waals surface area contributed by atoms with Gasteiger partial charge in [0.2, 0.25) is 5.91 Å². The Morgan fingerprint density at radius 3 is 2.61 bits per heavy atom. The van der Waals surface area contributed by atoms with Gasteiger partial charge < -0.3 is 15.2 Å². The number of nitrogens with one attached hydrogen (secondary N) is 1. The number of hydrogen-bond donors (Lipinski definition) is 2. The molecule has 1 aromatic rings. The molecule has 1 aromatic carbocycles. The smallest absolute Gasteiger partial charge is 0.330 e. The summed E-state index contributed by atoms with van der Waals surface area (Å²) in [5.41, 5.74) is 0.567. The van der Waals surface area contributed by atoms with E-state index in [4.69, 9.17) is 4.74 Å². The van der Waals surface area contributed by atoms with Gasteiger partial charge in [-0.05, 0) is 12.0 Å². The molecule has 2 atom stereocenters. The highest BCUT2D eigenvalue weighted by Gasteiger charge is 2.28. The zero-order valence-electron chi connectivity index (χ0n) is 9.83. The highest BCUT2D eigenvalue weighted by Crippen LogP contribution is 2.17. The van der Waals surface area contributed by atoms with Gasteiger partial charge in [-0.25, -0.2) is 4.79 Å². The lowest BCUT2D eigenvalue weighted by Gasteiger charge is -2.17. The molecule has 0 unspecified atom stereocenters. The van der Waals surface area contributed by atoms with E-state index >= 15 is 0 Å². The molecule has 0 saturated carbocycles. The van der Waals surface area contributed by atoms with E-state index in [1.54, 1.807) is 30.3 Å². The number of rotatable bonds is 4. The molecule has 0 aliphatic carbocycles. The zero-order valence-corrected chi connectivity index (χ0v) is 9.83. The minimum Gasteiger partial charge on any atom is -0.479 e. The van der Waals surface area contributed by atoms with E-state index in [0.717, 1.165) is 0 Å². The zero-order chi connectivity index (χ0) is 13.0. The van der Waals surface area contributed by atoms with Gasteiger partial charge in [-0.3, -0.25) is 4.79 Å². The molecule has 1 aliphatic rings. The maximum atomic E-state index is 11.9. The van der Waals surface area contributed by atoms with Crippen LogP contribution in [0.15, 0.2) is 30.3 Å². The Bertz CT molecular complexity index is 426. The molecule has 1 aliphatic heterocycles. The molecule has 0 aromatic heterocycles. The number of amides is 1. The highest BCUT2D eigenvalue weighted by atomic mass is 16.5.